The highest BCUT2D eigenvalue weighted by atomic mass is 16.6. The highest BCUT2D eigenvalue weighted by Gasteiger charge is 2.21. The number of ether oxygens (including phenoxy) is 1. The van der Waals surface area contributed by atoms with Crippen molar-refractivity contribution in [3.05, 3.63) is 0 Å². The molecule has 1 aliphatic carbocycles. The lowest BCUT2D eigenvalue weighted by Crippen LogP contribution is -2.39. The van der Waals surface area contributed by atoms with Crippen LogP contribution in [0.5, 0.6) is 0 Å². The summed E-state index contributed by atoms with van der Waals surface area (Å²) in [5.41, 5.74) is -0.420. The summed E-state index contributed by atoms with van der Waals surface area (Å²) < 4.78 is 5.21. The Morgan fingerprint density at radius 2 is 1.86 bits per heavy atom. The number of amides is 1. The van der Waals surface area contributed by atoms with E-state index in [2.05, 4.69) is 17.6 Å². The van der Waals surface area contributed by atoms with Crippen LogP contribution in [0.25, 0.3) is 0 Å². The average Bonchev–Trinajstić information content (AvgIpc) is 2.42. The second kappa shape index (κ2) is 9.29. The maximum atomic E-state index is 11.5. The van der Waals surface area contributed by atoms with Crippen LogP contribution < -0.4 is 10.6 Å². The lowest BCUT2D eigenvalue weighted by molar-refractivity contribution is 0.0527. The van der Waals surface area contributed by atoms with Gasteiger partial charge >= 0.3 is 6.09 Å². The van der Waals surface area contributed by atoms with Crippen LogP contribution in [-0.2, 0) is 4.74 Å². The van der Waals surface area contributed by atoms with E-state index in [0.29, 0.717) is 12.6 Å². The lowest BCUT2D eigenvalue weighted by atomic mass is 9.83. The summed E-state index contributed by atoms with van der Waals surface area (Å²) in [6.07, 6.45) is 8.77. The van der Waals surface area contributed by atoms with Crippen molar-refractivity contribution >= 4 is 6.09 Å². The van der Waals surface area contributed by atoms with Gasteiger partial charge in [-0.1, -0.05) is 26.2 Å². The van der Waals surface area contributed by atoms with Gasteiger partial charge in [-0.3, -0.25) is 0 Å². The molecule has 0 spiro atoms. The molecule has 1 aliphatic rings. The van der Waals surface area contributed by atoms with Gasteiger partial charge in [0.05, 0.1) is 0 Å². The second-order valence-electron chi connectivity index (χ2n) is 7.15. The maximum absolute atomic E-state index is 11.5. The van der Waals surface area contributed by atoms with E-state index in [0.717, 1.165) is 18.9 Å². The molecule has 4 heteroatoms. The average molecular weight is 298 g/mol. The Hall–Kier alpha value is -0.770. The number of carbonyl (C=O) groups excluding carboxylic acids is 1. The third-order valence-corrected chi connectivity index (χ3v) is 4.09. The first-order chi connectivity index (χ1) is 9.92. The van der Waals surface area contributed by atoms with Crippen molar-refractivity contribution in [1.29, 1.82) is 0 Å². The predicted octanol–water partition coefficient (Wildman–Crippen LogP) is 3.85. The molecule has 1 atom stereocenters. The third-order valence-electron chi connectivity index (χ3n) is 4.09. The van der Waals surface area contributed by atoms with Gasteiger partial charge < -0.3 is 15.4 Å². The SMILES string of the molecule is CCC(NCCCNC(=O)OC(C)(C)C)C1CCCCC1. The molecule has 0 heterocycles. The first-order valence-corrected chi connectivity index (χ1v) is 8.62. The Morgan fingerprint density at radius 3 is 2.43 bits per heavy atom. The molecule has 0 aliphatic heterocycles. The monoisotopic (exact) mass is 298 g/mol. The molecule has 4 nitrogen and oxygen atoms in total. The lowest BCUT2D eigenvalue weighted by Gasteiger charge is -2.30. The summed E-state index contributed by atoms with van der Waals surface area (Å²) in [5.74, 6) is 0.850. The van der Waals surface area contributed by atoms with Crippen LogP contribution in [0, 0.1) is 5.92 Å². The van der Waals surface area contributed by atoms with E-state index in [1.54, 1.807) is 0 Å². The Bertz CT molecular complexity index is 294. The highest BCUT2D eigenvalue weighted by molar-refractivity contribution is 5.67. The smallest absolute Gasteiger partial charge is 0.407 e. The van der Waals surface area contributed by atoms with Crippen molar-refractivity contribution in [2.75, 3.05) is 13.1 Å². The molecular weight excluding hydrogens is 264 g/mol. The minimum absolute atomic E-state index is 0.318. The molecule has 1 rings (SSSR count). The molecule has 1 fully saturated rings. The molecule has 1 saturated carbocycles. The van der Waals surface area contributed by atoms with Gasteiger partial charge in [-0.15, -0.1) is 0 Å². The first-order valence-electron chi connectivity index (χ1n) is 8.62. The standard InChI is InChI=1S/C17H34N2O2/c1-5-15(14-10-7-6-8-11-14)18-12-9-13-19-16(20)21-17(2,3)4/h14-15,18H,5-13H2,1-4H3,(H,19,20). The van der Waals surface area contributed by atoms with Gasteiger partial charge in [0.15, 0.2) is 0 Å². The molecule has 2 N–H and O–H groups in total. The fraction of sp³-hybridized carbons (Fsp3) is 0.941. The molecule has 0 aromatic carbocycles. The van der Waals surface area contributed by atoms with Gasteiger partial charge in [0.1, 0.15) is 5.60 Å². The molecule has 1 amide bonds. The van der Waals surface area contributed by atoms with Crippen molar-refractivity contribution in [2.24, 2.45) is 5.92 Å². The maximum Gasteiger partial charge on any atom is 0.407 e. The van der Waals surface area contributed by atoms with Crippen molar-refractivity contribution in [2.45, 2.75) is 84.3 Å². The Labute approximate surface area is 130 Å². The van der Waals surface area contributed by atoms with Gasteiger partial charge in [-0.2, -0.15) is 0 Å². The largest absolute Gasteiger partial charge is 0.444 e. The second-order valence-corrected chi connectivity index (χ2v) is 7.15. The van der Waals surface area contributed by atoms with E-state index in [1.807, 2.05) is 20.8 Å². The normalized spacial score (nSPS) is 18.3. The van der Waals surface area contributed by atoms with E-state index >= 15 is 0 Å². The fourth-order valence-corrected chi connectivity index (χ4v) is 3.06. The summed E-state index contributed by atoms with van der Waals surface area (Å²) in [6, 6.07) is 0.645. The van der Waals surface area contributed by atoms with Gasteiger partial charge in [0.25, 0.3) is 0 Å². The predicted molar refractivity (Wildman–Crippen MR) is 87.5 cm³/mol. The Kier molecular flexibility index (Phi) is 8.09. The molecule has 0 aromatic heterocycles. The van der Waals surface area contributed by atoms with Crippen molar-refractivity contribution in [1.82, 2.24) is 10.6 Å². The number of alkyl carbamates (subject to hydrolysis) is 1. The van der Waals surface area contributed by atoms with Gasteiger partial charge in [-0.05, 0) is 58.9 Å². The Balaban J connectivity index is 2.10. The molecule has 1 unspecified atom stereocenters. The third kappa shape index (κ3) is 8.30. The molecule has 0 aromatic rings. The van der Waals surface area contributed by atoms with Crippen molar-refractivity contribution < 1.29 is 9.53 Å². The first kappa shape index (κ1) is 18.3. The highest BCUT2D eigenvalue weighted by Crippen LogP contribution is 2.27. The van der Waals surface area contributed by atoms with E-state index in [1.165, 1.54) is 38.5 Å². The zero-order valence-electron chi connectivity index (χ0n) is 14.3. The quantitative estimate of drug-likeness (QED) is 0.702. The number of hydrogen-bond acceptors (Lipinski definition) is 3. The van der Waals surface area contributed by atoms with E-state index in [-0.39, 0.29) is 6.09 Å². The summed E-state index contributed by atoms with van der Waals surface area (Å²) >= 11 is 0. The van der Waals surface area contributed by atoms with E-state index in [4.69, 9.17) is 4.74 Å². The van der Waals surface area contributed by atoms with Crippen LogP contribution in [-0.4, -0.2) is 30.8 Å². The topological polar surface area (TPSA) is 50.4 Å². The summed E-state index contributed by atoms with van der Waals surface area (Å²) in [5, 5.41) is 6.48. The van der Waals surface area contributed by atoms with Crippen LogP contribution in [0.2, 0.25) is 0 Å². The molecule has 0 radical (unpaired) electrons. The summed E-state index contributed by atoms with van der Waals surface area (Å²) in [4.78, 5) is 11.5. The minimum atomic E-state index is -0.420. The van der Waals surface area contributed by atoms with Crippen LogP contribution >= 0.6 is 0 Å². The number of rotatable bonds is 7. The molecular formula is C17H34N2O2. The van der Waals surface area contributed by atoms with Crippen LogP contribution in [0.1, 0.15) is 72.6 Å². The van der Waals surface area contributed by atoms with E-state index < -0.39 is 5.60 Å². The molecule has 0 bridgehead atoms. The van der Waals surface area contributed by atoms with Crippen molar-refractivity contribution in [3.8, 4) is 0 Å². The number of nitrogens with one attached hydrogen (secondary N) is 2. The Morgan fingerprint density at radius 1 is 1.19 bits per heavy atom. The van der Waals surface area contributed by atoms with Crippen LogP contribution in [0.15, 0.2) is 0 Å². The van der Waals surface area contributed by atoms with E-state index in [9.17, 15) is 4.79 Å². The summed E-state index contributed by atoms with van der Waals surface area (Å²) in [6.45, 7) is 9.54. The zero-order chi connectivity index (χ0) is 15.7. The molecule has 0 saturated heterocycles. The summed E-state index contributed by atoms with van der Waals surface area (Å²) in [7, 11) is 0. The fourth-order valence-electron chi connectivity index (χ4n) is 3.06. The van der Waals surface area contributed by atoms with Crippen molar-refractivity contribution in [3.63, 3.8) is 0 Å². The van der Waals surface area contributed by atoms with Gasteiger partial charge in [0, 0.05) is 12.6 Å². The van der Waals surface area contributed by atoms with Gasteiger partial charge in [0.2, 0.25) is 0 Å². The van der Waals surface area contributed by atoms with Crippen LogP contribution in [0.3, 0.4) is 0 Å². The molecule has 124 valence electrons. The molecule has 21 heavy (non-hydrogen) atoms. The minimum Gasteiger partial charge on any atom is -0.444 e. The number of carbonyl (C=O) groups is 1. The number of hydrogen-bond donors (Lipinski definition) is 2. The zero-order valence-corrected chi connectivity index (χ0v) is 14.3. The van der Waals surface area contributed by atoms with Gasteiger partial charge in [-0.25, -0.2) is 4.79 Å². The van der Waals surface area contributed by atoms with Crippen LogP contribution in [0.4, 0.5) is 4.79 Å².